The van der Waals surface area contributed by atoms with Crippen molar-refractivity contribution in [1.82, 2.24) is 0 Å². The number of ether oxygens (including phenoxy) is 1. The molecular weight excluding hydrogens is 180 g/mol. The van der Waals surface area contributed by atoms with Gasteiger partial charge in [-0.15, -0.1) is 0 Å². The summed E-state index contributed by atoms with van der Waals surface area (Å²) in [6.45, 7) is 2.45. The van der Waals surface area contributed by atoms with E-state index >= 15 is 0 Å². The van der Waals surface area contributed by atoms with Crippen molar-refractivity contribution in [1.29, 1.82) is 0 Å². The molecule has 0 fully saturated rings. The van der Waals surface area contributed by atoms with Crippen molar-refractivity contribution in [2.75, 3.05) is 6.61 Å². The van der Waals surface area contributed by atoms with Gasteiger partial charge in [0.2, 0.25) is 0 Å². The first-order valence-electron chi connectivity index (χ1n) is 4.74. The van der Waals surface area contributed by atoms with E-state index in [4.69, 9.17) is 4.74 Å². The smallest absolute Gasteiger partial charge is 0.167 e. The highest BCUT2D eigenvalue weighted by Crippen LogP contribution is 2.33. The Kier molecular flexibility index (Phi) is 2.15. The van der Waals surface area contributed by atoms with Crippen LogP contribution in [0.5, 0.6) is 11.5 Å². The van der Waals surface area contributed by atoms with Crippen LogP contribution in [-0.4, -0.2) is 17.5 Å². The largest absolute Gasteiger partial charge is 0.507 e. The van der Waals surface area contributed by atoms with E-state index < -0.39 is 0 Å². The zero-order valence-electron chi connectivity index (χ0n) is 8.04. The number of rotatable bonds is 2. The molecule has 0 bridgehead atoms. The fourth-order valence-electron chi connectivity index (χ4n) is 1.80. The quantitative estimate of drug-likeness (QED) is 0.778. The Hall–Kier alpha value is -1.51. The normalized spacial score (nSPS) is 14.2. The van der Waals surface area contributed by atoms with Crippen LogP contribution in [-0.2, 0) is 6.42 Å². The number of carbonyl (C=O) groups excluding carboxylic acids is 1. The lowest BCUT2D eigenvalue weighted by Crippen LogP contribution is -1.95. The summed E-state index contributed by atoms with van der Waals surface area (Å²) < 4.78 is 5.28. The van der Waals surface area contributed by atoms with E-state index in [-0.39, 0.29) is 11.5 Å². The highest BCUT2D eigenvalue weighted by atomic mass is 16.5. The molecule has 1 aliphatic rings. The average molecular weight is 192 g/mol. The fourth-order valence-corrected chi connectivity index (χ4v) is 1.80. The lowest BCUT2D eigenvalue weighted by Gasteiger charge is -2.06. The van der Waals surface area contributed by atoms with Gasteiger partial charge in [-0.3, -0.25) is 4.79 Å². The van der Waals surface area contributed by atoms with Crippen LogP contribution in [0.4, 0.5) is 0 Å². The summed E-state index contributed by atoms with van der Waals surface area (Å²) in [7, 11) is 0. The summed E-state index contributed by atoms with van der Waals surface area (Å²) in [4.78, 5) is 11.4. The van der Waals surface area contributed by atoms with E-state index in [0.717, 1.165) is 5.56 Å². The van der Waals surface area contributed by atoms with Crippen molar-refractivity contribution in [3.63, 3.8) is 0 Å². The summed E-state index contributed by atoms with van der Waals surface area (Å²) in [5.41, 5.74) is 1.38. The van der Waals surface area contributed by atoms with Gasteiger partial charge in [-0.25, -0.2) is 0 Å². The maximum atomic E-state index is 11.4. The number of benzene rings is 1. The monoisotopic (exact) mass is 192 g/mol. The average Bonchev–Trinajstić information content (AvgIpc) is 2.48. The van der Waals surface area contributed by atoms with Gasteiger partial charge < -0.3 is 9.84 Å². The Bertz CT molecular complexity index is 382. The predicted octanol–water partition coefficient (Wildman–Crippen LogP) is 1.92. The number of aryl methyl sites for hydroxylation is 1. The molecule has 0 amide bonds. The molecule has 0 spiro atoms. The molecule has 0 unspecified atom stereocenters. The summed E-state index contributed by atoms with van der Waals surface area (Å²) in [6.07, 6.45) is 1.21. The molecule has 0 radical (unpaired) electrons. The Labute approximate surface area is 82.3 Å². The molecule has 1 aromatic rings. The van der Waals surface area contributed by atoms with Crippen LogP contribution in [0.25, 0.3) is 0 Å². The molecule has 1 N–H and O–H groups in total. The van der Waals surface area contributed by atoms with Gasteiger partial charge in [0.05, 0.1) is 12.2 Å². The van der Waals surface area contributed by atoms with Crippen LogP contribution >= 0.6 is 0 Å². The molecule has 0 aliphatic heterocycles. The molecule has 14 heavy (non-hydrogen) atoms. The first kappa shape index (κ1) is 9.06. The zero-order chi connectivity index (χ0) is 10.1. The number of ketones is 1. The zero-order valence-corrected chi connectivity index (χ0v) is 8.04. The SMILES string of the molecule is CCOc1cc(O)c2c(c1)CCC2=O. The highest BCUT2D eigenvalue weighted by molar-refractivity contribution is 6.03. The number of aromatic hydroxyl groups is 1. The van der Waals surface area contributed by atoms with Crippen LogP contribution in [0.3, 0.4) is 0 Å². The minimum atomic E-state index is 0.0283. The highest BCUT2D eigenvalue weighted by Gasteiger charge is 2.23. The van der Waals surface area contributed by atoms with Gasteiger partial charge in [-0.2, -0.15) is 0 Å². The second-order valence-electron chi connectivity index (χ2n) is 3.33. The Balaban J connectivity index is 2.46. The predicted molar refractivity (Wildman–Crippen MR) is 51.9 cm³/mol. The van der Waals surface area contributed by atoms with Crippen LogP contribution in [0.1, 0.15) is 29.3 Å². The molecule has 1 aliphatic carbocycles. The van der Waals surface area contributed by atoms with Gasteiger partial charge in [0.1, 0.15) is 11.5 Å². The van der Waals surface area contributed by atoms with Crippen molar-refractivity contribution in [2.45, 2.75) is 19.8 Å². The number of hydrogen-bond donors (Lipinski definition) is 1. The molecule has 0 aromatic heterocycles. The molecule has 74 valence electrons. The summed E-state index contributed by atoms with van der Waals surface area (Å²) in [6, 6.07) is 3.34. The summed E-state index contributed by atoms with van der Waals surface area (Å²) in [5.74, 6) is 0.715. The van der Waals surface area contributed by atoms with Crippen LogP contribution < -0.4 is 4.74 Å². The second-order valence-corrected chi connectivity index (χ2v) is 3.33. The van der Waals surface area contributed by atoms with Crippen molar-refractivity contribution < 1.29 is 14.6 Å². The van der Waals surface area contributed by atoms with Crippen molar-refractivity contribution >= 4 is 5.78 Å². The lowest BCUT2D eigenvalue weighted by atomic mass is 10.1. The standard InChI is InChI=1S/C11H12O3/c1-2-14-8-5-7-3-4-9(12)11(7)10(13)6-8/h5-6,13H,2-4H2,1H3. The molecule has 0 heterocycles. The third kappa shape index (κ3) is 1.35. The van der Waals surface area contributed by atoms with E-state index in [2.05, 4.69) is 0 Å². The number of fused-ring (bicyclic) bond motifs is 1. The minimum absolute atomic E-state index is 0.0283. The maximum Gasteiger partial charge on any atom is 0.167 e. The van der Waals surface area contributed by atoms with E-state index in [1.54, 1.807) is 0 Å². The number of carbonyl (C=O) groups is 1. The van der Waals surface area contributed by atoms with Crippen molar-refractivity contribution in [3.05, 3.63) is 23.3 Å². The molecule has 3 nitrogen and oxygen atoms in total. The first-order valence-corrected chi connectivity index (χ1v) is 4.74. The Morgan fingerprint density at radius 2 is 2.21 bits per heavy atom. The third-order valence-electron chi connectivity index (χ3n) is 2.38. The van der Waals surface area contributed by atoms with Gasteiger partial charge in [-0.05, 0) is 25.0 Å². The van der Waals surface area contributed by atoms with Crippen LogP contribution in [0, 0.1) is 0 Å². The minimum Gasteiger partial charge on any atom is -0.507 e. The van der Waals surface area contributed by atoms with Gasteiger partial charge >= 0.3 is 0 Å². The molecule has 2 rings (SSSR count). The van der Waals surface area contributed by atoms with Gasteiger partial charge in [0.15, 0.2) is 5.78 Å². The first-order chi connectivity index (χ1) is 6.72. The maximum absolute atomic E-state index is 11.4. The summed E-state index contributed by atoms with van der Waals surface area (Å²) in [5, 5.41) is 9.61. The van der Waals surface area contributed by atoms with E-state index in [1.807, 2.05) is 13.0 Å². The third-order valence-corrected chi connectivity index (χ3v) is 2.38. The molecule has 0 atom stereocenters. The lowest BCUT2D eigenvalue weighted by molar-refractivity contribution is 0.0992. The van der Waals surface area contributed by atoms with E-state index in [1.165, 1.54) is 6.07 Å². The number of Topliss-reactive ketones (excluding diaryl/α,β-unsaturated/α-hetero) is 1. The fraction of sp³-hybridized carbons (Fsp3) is 0.364. The van der Waals surface area contributed by atoms with Crippen LogP contribution in [0.2, 0.25) is 0 Å². The van der Waals surface area contributed by atoms with Gasteiger partial charge in [-0.1, -0.05) is 0 Å². The molecule has 0 saturated carbocycles. The van der Waals surface area contributed by atoms with E-state index in [0.29, 0.717) is 30.8 Å². The number of hydrogen-bond acceptors (Lipinski definition) is 3. The Morgan fingerprint density at radius 1 is 1.43 bits per heavy atom. The number of phenolic OH excluding ortho intramolecular Hbond substituents is 1. The summed E-state index contributed by atoms with van der Waals surface area (Å²) >= 11 is 0. The molecule has 0 saturated heterocycles. The Morgan fingerprint density at radius 3 is 2.93 bits per heavy atom. The van der Waals surface area contributed by atoms with Gasteiger partial charge in [0, 0.05) is 12.5 Å². The van der Waals surface area contributed by atoms with Crippen molar-refractivity contribution in [3.8, 4) is 11.5 Å². The van der Waals surface area contributed by atoms with Crippen LogP contribution in [0.15, 0.2) is 12.1 Å². The van der Waals surface area contributed by atoms with Crippen molar-refractivity contribution in [2.24, 2.45) is 0 Å². The van der Waals surface area contributed by atoms with E-state index in [9.17, 15) is 9.90 Å². The van der Waals surface area contributed by atoms with Gasteiger partial charge in [0.25, 0.3) is 0 Å². The number of phenols is 1. The molecule has 1 aromatic carbocycles. The molecular formula is C11H12O3. The molecule has 3 heteroatoms. The second kappa shape index (κ2) is 3.33. The topological polar surface area (TPSA) is 46.5 Å².